The normalized spacial score (nSPS) is 14.4. The van der Waals surface area contributed by atoms with E-state index in [-0.39, 0.29) is 13.5 Å². The molecular formula is C12H21NS. The Balaban J connectivity index is 0. The molecule has 0 aromatic carbocycles. The van der Waals surface area contributed by atoms with Crippen LogP contribution < -0.4 is 5.73 Å². The molecule has 2 N–H and O–H groups in total. The number of rotatable bonds is 3. The number of nitrogens with two attached hydrogens (primary N) is 1. The first-order valence-corrected chi connectivity index (χ1v) is 4.57. The van der Waals surface area contributed by atoms with Crippen LogP contribution in [0.4, 0.5) is 0 Å². The lowest BCUT2D eigenvalue weighted by atomic mass is 10.3. The summed E-state index contributed by atoms with van der Waals surface area (Å²) in [5.74, 6) is 0.685. The quantitative estimate of drug-likeness (QED) is 0.712. The van der Waals surface area contributed by atoms with Crippen LogP contribution in [-0.2, 0) is 0 Å². The van der Waals surface area contributed by atoms with Crippen LogP contribution in [0.5, 0.6) is 0 Å². The SMILES string of the molecule is C=C(N)C1CC1.C=C/C=C\C=C/C.S. The molecule has 14 heavy (non-hydrogen) atoms. The summed E-state index contributed by atoms with van der Waals surface area (Å²) in [5.41, 5.74) is 6.17. The van der Waals surface area contributed by atoms with E-state index in [0.717, 1.165) is 5.70 Å². The molecular weight excluding hydrogens is 190 g/mol. The van der Waals surface area contributed by atoms with E-state index < -0.39 is 0 Å². The first-order chi connectivity index (χ1) is 6.22. The first kappa shape index (κ1) is 15.6. The zero-order valence-corrected chi connectivity index (χ0v) is 9.87. The van der Waals surface area contributed by atoms with E-state index in [1.807, 2.05) is 31.2 Å². The molecule has 1 fully saturated rings. The van der Waals surface area contributed by atoms with Gasteiger partial charge in [-0.3, -0.25) is 0 Å². The van der Waals surface area contributed by atoms with Crippen molar-refractivity contribution in [3.63, 3.8) is 0 Å². The van der Waals surface area contributed by atoms with Crippen molar-refractivity contribution in [2.75, 3.05) is 0 Å². The van der Waals surface area contributed by atoms with Gasteiger partial charge in [0.1, 0.15) is 0 Å². The van der Waals surface area contributed by atoms with E-state index >= 15 is 0 Å². The van der Waals surface area contributed by atoms with Crippen molar-refractivity contribution in [1.82, 2.24) is 0 Å². The fraction of sp³-hybridized carbons (Fsp3) is 0.333. The predicted octanol–water partition coefficient (Wildman–Crippen LogP) is 3.29. The van der Waals surface area contributed by atoms with Crippen molar-refractivity contribution >= 4 is 13.5 Å². The molecule has 1 aliphatic carbocycles. The highest BCUT2D eigenvalue weighted by atomic mass is 32.1. The van der Waals surface area contributed by atoms with Crippen molar-refractivity contribution in [2.24, 2.45) is 11.7 Å². The van der Waals surface area contributed by atoms with E-state index in [9.17, 15) is 0 Å². The van der Waals surface area contributed by atoms with Gasteiger partial charge in [0.2, 0.25) is 0 Å². The maximum absolute atomic E-state index is 5.30. The third-order valence-corrected chi connectivity index (χ3v) is 1.65. The highest BCUT2D eigenvalue weighted by Gasteiger charge is 2.21. The number of allylic oxidation sites excluding steroid dienone is 6. The summed E-state index contributed by atoms with van der Waals surface area (Å²) in [6.45, 7) is 9.09. The van der Waals surface area contributed by atoms with Crippen LogP contribution in [0.1, 0.15) is 19.8 Å². The van der Waals surface area contributed by atoms with E-state index in [0.29, 0.717) is 5.92 Å². The molecule has 1 rings (SSSR count). The van der Waals surface area contributed by atoms with Crippen molar-refractivity contribution in [1.29, 1.82) is 0 Å². The molecule has 0 aromatic rings. The molecule has 2 heteroatoms. The zero-order valence-electron chi connectivity index (χ0n) is 8.87. The molecule has 1 nitrogen and oxygen atoms in total. The Labute approximate surface area is 94.5 Å². The largest absolute Gasteiger partial charge is 0.402 e. The fourth-order valence-corrected chi connectivity index (χ4v) is 0.708. The van der Waals surface area contributed by atoms with Crippen molar-refractivity contribution in [3.8, 4) is 0 Å². The van der Waals surface area contributed by atoms with Gasteiger partial charge in [0, 0.05) is 5.70 Å². The Morgan fingerprint density at radius 1 is 1.29 bits per heavy atom. The molecule has 80 valence electrons. The molecule has 0 aromatic heterocycles. The van der Waals surface area contributed by atoms with Crippen molar-refractivity contribution in [3.05, 3.63) is 49.2 Å². The molecule has 0 amide bonds. The fourth-order valence-electron chi connectivity index (χ4n) is 0.708. The third kappa shape index (κ3) is 11.1. The van der Waals surface area contributed by atoms with Crippen LogP contribution in [-0.4, -0.2) is 0 Å². The number of hydrogen-bond donors (Lipinski definition) is 1. The summed E-state index contributed by atoms with van der Waals surface area (Å²) in [4.78, 5) is 0. The molecule has 1 saturated carbocycles. The van der Waals surface area contributed by atoms with Gasteiger partial charge >= 0.3 is 0 Å². The van der Waals surface area contributed by atoms with Gasteiger partial charge in [0.05, 0.1) is 0 Å². The second kappa shape index (κ2) is 10.2. The minimum Gasteiger partial charge on any atom is -0.402 e. The second-order valence-electron chi connectivity index (χ2n) is 3.00. The maximum atomic E-state index is 5.30. The lowest BCUT2D eigenvalue weighted by molar-refractivity contribution is 0.989. The smallest absolute Gasteiger partial charge is 0.00390 e. The van der Waals surface area contributed by atoms with Crippen LogP contribution in [0.3, 0.4) is 0 Å². The van der Waals surface area contributed by atoms with E-state index in [2.05, 4.69) is 13.2 Å². The van der Waals surface area contributed by atoms with Gasteiger partial charge in [0.25, 0.3) is 0 Å². The monoisotopic (exact) mass is 211 g/mol. The van der Waals surface area contributed by atoms with Crippen LogP contribution >= 0.6 is 13.5 Å². The van der Waals surface area contributed by atoms with Gasteiger partial charge < -0.3 is 5.73 Å². The minimum absolute atomic E-state index is 0. The lowest BCUT2D eigenvalue weighted by Crippen LogP contribution is -1.94. The minimum atomic E-state index is 0. The van der Waals surface area contributed by atoms with Gasteiger partial charge in [-0.1, -0.05) is 43.5 Å². The van der Waals surface area contributed by atoms with Crippen molar-refractivity contribution < 1.29 is 0 Å². The maximum Gasteiger partial charge on any atom is 0.00390 e. The third-order valence-electron chi connectivity index (χ3n) is 1.65. The Hall–Kier alpha value is -0.890. The van der Waals surface area contributed by atoms with E-state index in [1.165, 1.54) is 12.8 Å². The predicted molar refractivity (Wildman–Crippen MR) is 70.6 cm³/mol. The van der Waals surface area contributed by atoms with E-state index in [4.69, 9.17) is 5.73 Å². The summed E-state index contributed by atoms with van der Waals surface area (Å²) < 4.78 is 0. The van der Waals surface area contributed by atoms with Gasteiger partial charge in [-0.25, -0.2) is 0 Å². The first-order valence-electron chi connectivity index (χ1n) is 4.57. The molecule has 0 heterocycles. The average molecular weight is 211 g/mol. The molecule has 0 unspecified atom stereocenters. The Bertz CT molecular complexity index is 212. The zero-order chi connectivity index (χ0) is 10.1. The van der Waals surface area contributed by atoms with Gasteiger partial charge in [-0.05, 0) is 25.7 Å². The average Bonchev–Trinajstić information content (AvgIpc) is 2.88. The van der Waals surface area contributed by atoms with Crippen LogP contribution in [0.15, 0.2) is 49.2 Å². The van der Waals surface area contributed by atoms with Crippen LogP contribution in [0.2, 0.25) is 0 Å². The molecule has 0 aliphatic heterocycles. The topological polar surface area (TPSA) is 26.0 Å². The lowest BCUT2D eigenvalue weighted by Gasteiger charge is -1.85. The van der Waals surface area contributed by atoms with Crippen LogP contribution in [0, 0.1) is 5.92 Å². The Morgan fingerprint density at radius 3 is 2.07 bits per heavy atom. The van der Waals surface area contributed by atoms with Crippen LogP contribution in [0.25, 0.3) is 0 Å². The Kier molecular flexibility index (Phi) is 11.3. The highest BCUT2D eigenvalue weighted by molar-refractivity contribution is 7.59. The summed E-state index contributed by atoms with van der Waals surface area (Å²) in [5, 5.41) is 0. The standard InChI is InChI=1S/C7H10.C5H9N.H2S/c1-3-5-7-6-4-2;1-4(6)5-2-3-5;/h3-7H,1H2,2H3;5H,1-3,6H2;1H2/b6-4-,7-5-;;. The molecule has 0 atom stereocenters. The van der Waals surface area contributed by atoms with Gasteiger partial charge in [-0.2, -0.15) is 13.5 Å². The van der Waals surface area contributed by atoms with E-state index in [1.54, 1.807) is 6.08 Å². The van der Waals surface area contributed by atoms with Crippen molar-refractivity contribution in [2.45, 2.75) is 19.8 Å². The second-order valence-corrected chi connectivity index (χ2v) is 3.00. The molecule has 0 bridgehead atoms. The summed E-state index contributed by atoms with van der Waals surface area (Å²) in [6, 6.07) is 0. The molecule has 1 aliphatic rings. The molecule has 0 spiro atoms. The molecule has 0 saturated heterocycles. The van der Waals surface area contributed by atoms with Gasteiger partial charge in [0.15, 0.2) is 0 Å². The van der Waals surface area contributed by atoms with Gasteiger partial charge in [-0.15, -0.1) is 0 Å². The molecule has 0 radical (unpaired) electrons. The highest BCUT2D eigenvalue weighted by Crippen LogP contribution is 2.32. The number of hydrogen-bond acceptors (Lipinski definition) is 1. The summed E-state index contributed by atoms with van der Waals surface area (Å²) in [7, 11) is 0. The summed E-state index contributed by atoms with van der Waals surface area (Å²) in [6.07, 6.45) is 12.1. The summed E-state index contributed by atoms with van der Waals surface area (Å²) >= 11 is 0. The Morgan fingerprint density at radius 2 is 1.86 bits per heavy atom.